The number of hydrazine groups is 1. The summed E-state index contributed by atoms with van der Waals surface area (Å²) in [5, 5.41) is 9.32. The fourth-order valence-electron chi connectivity index (χ4n) is 3.92. The first kappa shape index (κ1) is 17.5. The predicted octanol–water partition coefficient (Wildman–Crippen LogP) is 1.21. The molecule has 2 aliphatic heterocycles. The second kappa shape index (κ2) is 7.74. The Balaban J connectivity index is 1.49. The number of benzene rings is 1. The predicted molar refractivity (Wildman–Crippen MR) is 102 cm³/mol. The number of piperazine rings is 1. The van der Waals surface area contributed by atoms with E-state index in [1.54, 1.807) is 18.3 Å². The van der Waals surface area contributed by atoms with E-state index in [4.69, 9.17) is 0 Å². The molecule has 0 radical (unpaired) electrons. The topological polar surface area (TPSA) is 84.3 Å². The average molecular weight is 362 g/mol. The van der Waals surface area contributed by atoms with Crippen molar-refractivity contribution in [2.75, 3.05) is 31.1 Å². The highest BCUT2D eigenvalue weighted by Crippen LogP contribution is 2.27. The molecule has 2 saturated heterocycles. The maximum atomic E-state index is 12.0. The quantitative estimate of drug-likeness (QED) is 0.854. The first-order valence-electron chi connectivity index (χ1n) is 9.19. The molecule has 2 fully saturated rings. The molecule has 0 spiro atoms. The maximum absolute atomic E-state index is 12.0. The number of nitriles is 1. The lowest BCUT2D eigenvalue weighted by molar-refractivity contribution is -0.126. The van der Waals surface area contributed by atoms with Gasteiger partial charge >= 0.3 is 0 Å². The first-order valence-corrected chi connectivity index (χ1v) is 9.19. The van der Waals surface area contributed by atoms with E-state index in [0.717, 1.165) is 32.0 Å². The van der Waals surface area contributed by atoms with E-state index in [9.17, 15) is 10.1 Å². The van der Waals surface area contributed by atoms with Crippen molar-refractivity contribution in [3.63, 3.8) is 0 Å². The van der Waals surface area contributed by atoms with E-state index in [2.05, 4.69) is 43.8 Å². The van der Waals surface area contributed by atoms with Crippen LogP contribution in [0.4, 0.5) is 5.82 Å². The largest absolute Gasteiger partial charge is 0.353 e. The zero-order chi connectivity index (χ0) is 18.6. The van der Waals surface area contributed by atoms with Gasteiger partial charge in [-0.2, -0.15) is 5.26 Å². The van der Waals surface area contributed by atoms with Gasteiger partial charge in [0.05, 0.1) is 11.6 Å². The van der Waals surface area contributed by atoms with E-state index in [0.29, 0.717) is 12.0 Å². The van der Waals surface area contributed by atoms with Crippen LogP contribution in [0.1, 0.15) is 23.6 Å². The van der Waals surface area contributed by atoms with Crippen molar-refractivity contribution < 1.29 is 4.79 Å². The summed E-state index contributed by atoms with van der Waals surface area (Å²) in [4.78, 5) is 20.9. The van der Waals surface area contributed by atoms with E-state index < -0.39 is 0 Å². The molecule has 7 nitrogen and oxygen atoms in total. The van der Waals surface area contributed by atoms with Crippen LogP contribution in [0.25, 0.3) is 0 Å². The fourth-order valence-corrected chi connectivity index (χ4v) is 3.92. The molecule has 0 bridgehead atoms. The Hall–Kier alpha value is -2.95. The lowest BCUT2D eigenvalue weighted by Crippen LogP contribution is -2.60. The van der Waals surface area contributed by atoms with Crippen LogP contribution in [0.2, 0.25) is 0 Å². The number of rotatable bonds is 3. The molecular weight excluding hydrogens is 340 g/mol. The van der Waals surface area contributed by atoms with Gasteiger partial charge in [0, 0.05) is 44.8 Å². The summed E-state index contributed by atoms with van der Waals surface area (Å²) >= 11 is 0. The van der Waals surface area contributed by atoms with Crippen LogP contribution < -0.4 is 15.8 Å². The Labute approximate surface area is 158 Å². The third-order valence-corrected chi connectivity index (χ3v) is 5.30. The van der Waals surface area contributed by atoms with Crippen molar-refractivity contribution in [2.24, 2.45) is 0 Å². The maximum Gasteiger partial charge on any atom is 0.235 e. The van der Waals surface area contributed by atoms with Gasteiger partial charge in [-0.1, -0.05) is 30.3 Å². The molecule has 2 unspecified atom stereocenters. The van der Waals surface area contributed by atoms with E-state index in [1.165, 1.54) is 5.56 Å². The summed E-state index contributed by atoms with van der Waals surface area (Å²) in [6.45, 7) is 3.21. The number of carbonyl (C=O) groups excluding carboxylic acids is 1. The second-order valence-electron chi connectivity index (χ2n) is 6.86. The van der Waals surface area contributed by atoms with Crippen molar-refractivity contribution in [1.82, 2.24) is 20.7 Å². The number of hydrogen-bond donors (Lipinski definition) is 2. The fraction of sp³-hybridized carbons (Fsp3) is 0.350. The number of carbonyl (C=O) groups is 1. The van der Waals surface area contributed by atoms with Gasteiger partial charge in [0.1, 0.15) is 11.9 Å². The Kier molecular flexibility index (Phi) is 5.01. The van der Waals surface area contributed by atoms with Gasteiger partial charge in [-0.15, -0.1) is 0 Å². The molecule has 3 heterocycles. The van der Waals surface area contributed by atoms with Gasteiger partial charge in [-0.25, -0.2) is 10.4 Å². The summed E-state index contributed by atoms with van der Waals surface area (Å²) in [5.41, 5.74) is 7.73. The molecule has 2 aromatic rings. The van der Waals surface area contributed by atoms with Crippen LogP contribution >= 0.6 is 0 Å². The Morgan fingerprint density at radius 3 is 2.59 bits per heavy atom. The van der Waals surface area contributed by atoms with Crippen LogP contribution in [-0.2, 0) is 4.79 Å². The number of pyridine rings is 1. The molecule has 2 atom stereocenters. The number of amides is 1. The minimum Gasteiger partial charge on any atom is -0.353 e. The number of hydrogen-bond acceptors (Lipinski definition) is 6. The third-order valence-electron chi connectivity index (χ3n) is 5.30. The third kappa shape index (κ3) is 3.63. The van der Waals surface area contributed by atoms with Crippen LogP contribution in [0.3, 0.4) is 0 Å². The molecule has 1 aromatic heterocycles. The van der Waals surface area contributed by atoms with Gasteiger partial charge in [0.15, 0.2) is 0 Å². The van der Waals surface area contributed by atoms with Crippen LogP contribution in [0, 0.1) is 11.3 Å². The van der Waals surface area contributed by atoms with Gasteiger partial charge in [-0.05, 0) is 17.7 Å². The van der Waals surface area contributed by atoms with E-state index in [1.807, 2.05) is 18.2 Å². The molecule has 1 aromatic carbocycles. The SMILES string of the molecule is N#Cc1cccnc1N1CCN(C2CC(=O)NNC2c2ccccc2)CC1. The Morgan fingerprint density at radius 2 is 1.85 bits per heavy atom. The van der Waals surface area contributed by atoms with Crippen LogP contribution in [0.5, 0.6) is 0 Å². The Bertz CT molecular complexity index is 841. The number of anilines is 1. The average Bonchev–Trinajstić information content (AvgIpc) is 2.74. The van der Waals surface area contributed by atoms with Crippen molar-refractivity contribution in [1.29, 1.82) is 5.26 Å². The highest BCUT2D eigenvalue weighted by molar-refractivity contribution is 5.77. The standard InChI is InChI=1S/C20H22N6O/c21-14-16-7-4-8-22-20(16)26-11-9-25(10-12-26)17-13-18(27)23-24-19(17)15-5-2-1-3-6-15/h1-8,17,19,24H,9-13H2,(H,23,27). The molecule has 2 N–H and O–H groups in total. The normalized spacial score (nSPS) is 23.5. The molecule has 27 heavy (non-hydrogen) atoms. The smallest absolute Gasteiger partial charge is 0.235 e. The summed E-state index contributed by atoms with van der Waals surface area (Å²) < 4.78 is 0. The first-order chi connectivity index (χ1) is 13.3. The van der Waals surface area contributed by atoms with Gasteiger partial charge in [0.25, 0.3) is 0 Å². The lowest BCUT2D eigenvalue weighted by Gasteiger charge is -2.44. The molecule has 7 heteroatoms. The monoisotopic (exact) mass is 362 g/mol. The van der Waals surface area contributed by atoms with Crippen molar-refractivity contribution in [3.8, 4) is 6.07 Å². The Morgan fingerprint density at radius 1 is 1.07 bits per heavy atom. The zero-order valence-corrected chi connectivity index (χ0v) is 15.0. The highest BCUT2D eigenvalue weighted by atomic mass is 16.2. The minimum absolute atomic E-state index is 0.0195. The number of aromatic nitrogens is 1. The van der Waals surface area contributed by atoms with Gasteiger partial charge < -0.3 is 4.90 Å². The molecule has 0 saturated carbocycles. The van der Waals surface area contributed by atoms with Crippen molar-refractivity contribution >= 4 is 11.7 Å². The van der Waals surface area contributed by atoms with Crippen molar-refractivity contribution in [3.05, 3.63) is 59.8 Å². The van der Waals surface area contributed by atoms with Gasteiger partial charge in [-0.3, -0.25) is 15.1 Å². The van der Waals surface area contributed by atoms with Crippen molar-refractivity contribution in [2.45, 2.75) is 18.5 Å². The van der Waals surface area contributed by atoms with E-state index >= 15 is 0 Å². The lowest BCUT2D eigenvalue weighted by atomic mass is 9.93. The second-order valence-corrected chi connectivity index (χ2v) is 6.86. The molecule has 4 rings (SSSR count). The summed E-state index contributed by atoms with van der Waals surface area (Å²) in [5.74, 6) is 0.768. The summed E-state index contributed by atoms with van der Waals surface area (Å²) in [7, 11) is 0. The molecule has 2 aliphatic rings. The van der Waals surface area contributed by atoms with Crippen LogP contribution in [0.15, 0.2) is 48.7 Å². The van der Waals surface area contributed by atoms with Crippen LogP contribution in [-0.4, -0.2) is 48.0 Å². The molecule has 138 valence electrons. The number of nitrogens with one attached hydrogen (secondary N) is 2. The summed E-state index contributed by atoms with van der Waals surface area (Å²) in [6.07, 6.45) is 2.20. The van der Waals surface area contributed by atoms with Gasteiger partial charge in [0.2, 0.25) is 5.91 Å². The van der Waals surface area contributed by atoms with E-state index in [-0.39, 0.29) is 18.0 Å². The highest BCUT2D eigenvalue weighted by Gasteiger charge is 2.36. The minimum atomic E-state index is 0.0195. The summed E-state index contributed by atoms with van der Waals surface area (Å²) in [6, 6.07) is 16.2. The molecule has 0 aliphatic carbocycles. The number of nitrogens with zero attached hydrogens (tertiary/aromatic N) is 4. The molecular formula is C20H22N6O. The zero-order valence-electron chi connectivity index (χ0n) is 15.0. The molecule has 1 amide bonds.